The lowest BCUT2D eigenvalue weighted by molar-refractivity contribution is -0.181. The van der Waals surface area contributed by atoms with E-state index >= 15 is 0 Å². The molecule has 2 aliphatic carbocycles. The average Bonchev–Trinajstić information content (AvgIpc) is 2.45. The van der Waals surface area contributed by atoms with Crippen LogP contribution < -0.4 is 5.32 Å². The minimum absolute atomic E-state index is 0.228. The molecule has 0 amide bonds. The Morgan fingerprint density at radius 3 is 2.58 bits per heavy atom. The Bertz CT molecular complexity index is 263. The number of hydrogen-bond acceptors (Lipinski definition) is 3. The lowest BCUT2D eigenvalue weighted by Crippen LogP contribution is -2.65. The number of rotatable bonds is 7. The summed E-state index contributed by atoms with van der Waals surface area (Å²) in [5.74, 6) is 0. The molecule has 1 spiro atoms. The summed E-state index contributed by atoms with van der Waals surface area (Å²) in [6.07, 6.45) is 8.71. The molecule has 2 saturated carbocycles. The Kier molecular flexibility index (Phi) is 5.67. The second-order valence-electron chi connectivity index (χ2n) is 6.23. The topological polar surface area (TPSA) is 30.5 Å². The van der Waals surface area contributed by atoms with Crippen molar-refractivity contribution in [3.05, 3.63) is 0 Å². The molecule has 0 heterocycles. The lowest BCUT2D eigenvalue weighted by Gasteiger charge is -2.58. The van der Waals surface area contributed by atoms with Gasteiger partial charge in [0.15, 0.2) is 0 Å². The summed E-state index contributed by atoms with van der Waals surface area (Å²) < 4.78 is 11.8. The van der Waals surface area contributed by atoms with Crippen molar-refractivity contribution in [2.45, 2.75) is 77.5 Å². The van der Waals surface area contributed by atoms with Gasteiger partial charge < -0.3 is 14.8 Å². The van der Waals surface area contributed by atoms with Crippen LogP contribution in [0.5, 0.6) is 0 Å². The molecule has 0 aromatic rings. The Labute approximate surface area is 118 Å². The highest BCUT2D eigenvalue weighted by Gasteiger charge is 2.55. The van der Waals surface area contributed by atoms with Crippen molar-refractivity contribution < 1.29 is 9.47 Å². The van der Waals surface area contributed by atoms with Gasteiger partial charge >= 0.3 is 0 Å². The maximum absolute atomic E-state index is 6.29. The first kappa shape index (κ1) is 15.3. The highest BCUT2D eigenvalue weighted by atomic mass is 16.5. The first-order valence-corrected chi connectivity index (χ1v) is 8.19. The largest absolute Gasteiger partial charge is 0.379 e. The third kappa shape index (κ3) is 3.32. The van der Waals surface area contributed by atoms with E-state index in [0.717, 1.165) is 19.8 Å². The normalized spacial score (nSPS) is 31.1. The molecule has 1 N–H and O–H groups in total. The quantitative estimate of drug-likeness (QED) is 0.770. The summed E-state index contributed by atoms with van der Waals surface area (Å²) in [7, 11) is 0. The van der Waals surface area contributed by atoms with E-state index in [1.807, 2.05) is 6.92 Å². The van der Waals surface area contributed by atoms with Gasteiger partial charge in [0.1, 0.15) is 0 Å². The minimum atomic E-state index is 0.228. The Morgan fingerprint density at radius 2 is 1.95 bits per heavy atom. The fraction of sp³-hybridized carbons (Fsp3) is 1.00. The zero-order valence-corrected chi connectivity index (χ0v) is 12.9. The molecule has 2 rings (SSSR count). The van der Waals surface area contributed by atoms with Crippen LogP contribution in [0.2, 0.25) is 0 Å². The Hall–Kier alpha value is -0.120. The first-order chi connectivity index (χ1) is 9.23. The number of nitrogens with one attached hydrogen (secondary N) is 1. The van der Waals surface area contributed by atoms with Crippen LogP contribution in [0.3, 0.4) is 0 Å². The van der Waals surface area contributed by atoms with Gasteiger partial charge in [0.2, 0.25) is 0 Å². The fourth-order valence-corrected chi connectivity index (χ4v) is 3.96. The second-order valence-corrected chi connectivity index (χ2v) is 6.23. The molecule has 0 aliphatic heterocycles. The van der Waals surface area contributed by atoms with Gasteiger partial charge in [-0.25, -0.2) is 0 Å². The second kappa shape index (κ2) is 7.05. The third-order valence-corrected chi connectivity index (χ3v) is 4.97. The average molecular weight is 269 g/mol. The lowest BCUT2D eigenvalue weighted by atomic mass is 9.55. The van der Waals surface area contributed by atoms with E-state index in [1.54, 1.807) is 0 Å². The minimum Gasteiger partial charge on any atom is -0.379 e. The van der Waals surface area contributed by atoms with Crippen LogP contribution in [0.1, 0.15) is 59.3 Å². The molecule has 3 heteroatoms. The van der Waals surface area contributed by atoms with Gasteiger partial charge in [-0.2, -0.15) is 0 Å². The molecule has 3 nitrogen and oxygen atoms in total. The molecule has 0 radical (unpaired) electrons. The van der Waals surface area contributed by atoms with Crippen LogP contribution in [0.25, 0.3) is 0 Å². The van der Waals surface area contributed by atoms with E-state index in [2.05, 4.69) is 19.2 Å². The van der Waals surface area contributed by atoms with Gasteiger partial charge in [-0.15, -0.1) is 0 Å². The highest BCUT2D eigenvalue weighted by molar-refractivity contribution is 5.09. The van der Waals surface area contributed by atoms with Gasteiger partial charge in [0.05, 0.1) is 18.8 Å². The molecule has 0 aromatic carbocycles. The smallest absolute Gasteiger partial charge is 0.0784 e. The van der Waals surface area contributed by atoms with Crippen molar-refractivity contribution in [1.82, 2.24) is 5.32 Å². The van der Waals surface area contributed by atoms with E-state index in [-0.39, 0.29) is 6.10 Å². The maximum atomic E-state index is 6.29. The summed E-state index contributed by atoms with van der Waals surface area (Å²) in [6.45, 7) is 8.99. The summed E-state index contributed by atoms with van der Waals surface area (Å²) in [4.78, 5) is 0. The van der Waals surface area contributed by atoms with Crippen molar-refractivity contribution in [1.29, 1.82) is 0 Å². The molecule has 3 unspecified atom stereocenters. The van der Waals surface area contributed by atoms with Crippen molar-refractivity contribution in [2.24, 2.45) is 5.41 Å². The number of ether oxygens (including phenoxy) is 2. The SMILES string of the molecule is CCNC1CC(OC(C)COCC)C12CCCCC2. The van der Waals surface area contributed by atoms with Crippen molar-refractivity contribution in [3.8, 4) is 0 Å². The van der Waals surface area contributed by atoms with Crippen LogP contribution in [-0.4, -0.2) is 38.0 Å². The summed E-state index contributed by atoms with van der Waals surface area (Å²) in [5, 5.41) is 3.68. The molecular formula is C16H31NO2. The molecule has 0 aromatic heterocycles. The molecule has 3 atom stereocenters. The zero-order chi connectivity index (χ0) is 13.7. The molecule has 19 heavy (non-hydrogen) atoms. The fourth-order valence-electron chi connectivity index (χ4n) is 3.96. The van der Waals surface area contributed by atoms with Crippen LogP contribution in [0, 0.1) is 5.41 Å². The van der Waals surface area contributed by atoms with Gasteiger partial charge in [0.25, 0.3) is 0 Å². The van der Waals surface area contributed by atoms with Crippen LogP contribution in [0.15, 0.2) is 0 Å². The van der Waals surface area contributed by atoms with E-state index in [4.69, 9.17) is 9.47 Å². The number of hydrogen-bond donors (Lipinski definition) is 1. The van der Waals surface area contributed by atoms with Gasteiger partial charge in [-0.05, 0) is 39.7 Å². The maximum Gasteiger partial charge on any atom is 0.0784 e. The van der Waals surface area contributed by atoms with Gasteiger partial charge in [-0.3, -0.25) is 0 Å². The molecule has 112 valence electrons. The summed E-state index contributed by atoms with van der Waals surface area (Å²) in [6, 6.07) is 0.682. The van der Waals surface area contributed by atoms with Gasteiger partial charge in [-0.1, -0.05) is 26.2 Å². The standard InChI is InChI=1S/C16H31NO2/c1-4-17-14-11-15(19-13(3)12-18-5-2)16(14)9-7-6-8-10-16/h13-15,17H,4-12H2,1-3H3. The highest BCUT2D eigenvalue weighted by Crippen LogP contribution is 2.53. The van der Waals surface area contributed by atoms with Crippen LogP contribution >= 0.6 is 0 Å². The third-order valence-electron chi connectivity index (χ3n) is 4.97. The summed E-state index contributed by atoms with van der Waals surface area (Å²) >= 11 is 0. The van der Waals surface area contributed by atoms with E-state index in [9.17, 15) is 0 Å². The predicted molar refractivity (Wildman–Crippen MR) is 78.4 cm³/mol. The zero-order valence-electron chi connectivity index (χ0n) is 12.9. The van der Waals surface area contributed by atoms with Gasteiger partial charge in [0, 0.05) is 18.1 Å². The van der Waals surface area contributed by atoms with Crippen LogP contribution in [-0.2, 0) is 9.47 Å². The van der Waals surface area contributed by atoms with E-state index in [0.29, 0.717) is 17.6 Å². The van der Waals surface area contributed by atoms with Crippen molar-refractivity contribution >= 4 is 0 Å². The molecule has 2 aliphatic rings. The summed E-state index contributed by atoms with van der Waals surface area (Å²) in [5.41, 5.74) is 0.425. The molecule has 2 fully saturated rings. The Balaban J connectivity index is 1.89. The van der Waals surface area contributed by atoms with Crippen molar-refractivity contribution in [3.63, 3.8) is 0 Å². The molecule has 0 bridgehead atoms. The Morgan fingerprint density at radius 1 is 1.21 bits per heavy atom. The first-order valence-electron chi connectivity index (χ1n) is 8.19. The van der Waals surface area contributed by atoms with E-state index in [1.165, 1.54) is 38.5 Å². The van der Waals surface area contributed by atoms with E-state index < -0.39 is 0 Å². The molecule has 0 saturated heterocycles. The molecular weight excluding hydrogens is 238 g/mol. The monoisotopic (exact) mass is 269 g/mol. The van der Waals surface area contributed by atoms with Crippen LogP contribution in [0.4, 0.5) is 0 Å². The predicted octanol–water partition coefficient (Wildman–Crippen LogP) is 3.13. The van der Waals surface area contributed by atoms with Crippen molar-refractivity contribution in [2.75, 3.05) is 19.8 Å².